The van der Waals surface area contributed by atoms with Gasteiger partial charge >= 0.3 is 0 Å². The van der Waals surface area contributed by atoms with Crippen molar-refractivity contribution in [3.63, 3.8) is 0 Å². The Kier molecular flexibility index (Phi) is 6.34. The molecule has 3 aromatic rings. The fourth-order valence-electron chi connectivity index (χ4n) is 4.08. The number of benzene rings is 1. The normalized spacial score (nSPS) is 16.5. The molecule has 0 spiro atoms. The Labute approximate surface area is 182 Å². The molecule has 1 aliphatic heterocycles. The molecule has 1 fully saturated rings. The van der Waals surface area contributed by atoms with Crippen LogP contribution in [0.15, 0.2) is 35.7 Å². The Morgan fingerprint density at radius 3 is 2.47 bits per heavy atom. The maximum Gasteiger partial charge on any atom is 0.146 e. The SMILES string of the molecule is CN(C)Cc1nc(NCC2(N(C)C)CCOCC2)c2c(-c3ccccc3)csc2n1. The van der Waals surface area contributed by atoms with Crippen LogP contribution in [0.4, 0.5) is 5.82 Å². The summed E-state index contributed by atoms with van der Waals surface area (Å²) in [6, 6.07) is 10.5. The Morgan fingerprint density at radius 2 is 1.80 bits per heavy atom. The second-order valence-corrected chi connectivity index (χ2v) is 9.36. The van der Waals surface area contributed by atoms with E-state index in [1.165, 1.54) is 11.1 Å². The fraction of sp³-hybridized carbons (Fsp3) is 0.478. The summed E-state index contributed by atoms with van der Waals surface area (Å²) in [5.41, 5.74) is 2.46. The standard InChI is InChI=1S/C23H31N5OS/c1-27(2)14-19-25-21(24-16-23(28(3)4)10-12-29-13-11-23)20-18(15-30-22(20)26-19)17-8-6-5-7-9-17/h5-9,15H,10-14,16H2,1-4H3,(H,24,25,26). The summed E-state index contributed by atoms with van der Waals surface area (Å²) >= 11 is 1.69. The zero-order valence-electron chi connectivity index (χ0n) is 18.3. The van der Waals surface area contributed by atoms with Crippen LogP contribution in [0, 0.1) is 0 Å². The van der Waals surface area contributed by atoms with Crippen LogP contribution in [0.1, 0.15) is 18.7 Å². The Hall–Kier alpha value is -2.06. The third-order valence-electron chi connectivity index (χ3n) is 5.98. The average molecular weight is 426 g/mol. The van der Waals surface area contributed by atoms with Crippen molar-refractivity contribution >= 4 is 27.4 Å². The number of hydrogen-bond acceptors (Lipinski definition) is 7. The fourth-order valence-corrected chi connectivity index (χ4v) is 5.05. The molecule has 7 heteroatoms. The van der Waals surface area contributed by atoms with Crippen molar-refractivity contribution in [3.05, 3.63) is 41.5 Å². The molecule has 1 N–H and O–H groups in total. The highest BCUT2D eigenvalue weighted by Crippen LogP contribution is 2.37. The number of rotatable bonds is 7. The minimum atomic E-state index is 0.0696. The number of likely N-dealkylation sites (N-methyl/N-ethyl adjacent to an activating group) is 1. The molecule has 0 amide bonds. The summed E-state index contributed by atoms with van der Waals surface area (Å²) in [7, 11) is 8.43. The van der Waals surface area contributed by atoms with Crippen LogP contribution in [0.5, 0.6) is 0 Å². The molecule has 0 saturated carbocycles. The van der Waals surface area contributed by atoms with Gasteiger partial charge in [0.05, 0.1) is 11.9 Å². The van der Waals surface area contributed by atoms with Gasteiger partial charge in [-0.15, -0.1) is 11.3 Å². The first-order chi connectivity index (χ1) is 14.5. The molecule has 1 aromatic carbocycles. The lowest BCUT2D eigenvalue weighted by atomic mass is 9.88. The van der Waals surface area contributed by atoms with E-state index in [-0.39, 0.29) is 5.54 Å². The molecule has 0 atom stereocenters. The zero-order chi connectivity index (χ0) is 21.1. The van der Waals surface area contributed by atoms with Crippen LogP contribution in [0.25, 0.3) is 21.3 Å². The van der Waals surface area contributed by atoms with E-state index in [9.17, 15) is 0 Å². The first-order valence-corrected chi connectivity index (χ1v) is 11.3. The van der Waals surface area contributed by atoms with E-state index in [2.05, 4.69) is 64.9 Å². The predicted molar refractivity (Wildman–Crippen MR) is 125 cm³/mol. The average Bonchev–Trinajstić information content (AvgIpc) is 3.17. The van der Waals surface area contributed by atoms with E-state index in [1.54, 1.807) is 11.3 Å². The monoisotopic (exact) mass is 425 g/mol. The van der Waals surface area contributed by atoms with Crippen LogP contribution in [0.3, 0.4) is 0 Å². The Morgan fingerprint density at radius 1 is 1.07 bits per heavy atom. The Balaban J connectivity index is 1.74. The van der Waals surface area contributed by atoms with Crippen molar-refractivity contribution in [1.82, 2.24) is 19.8 Å². The van der Waals surface area contributed by atoms with E-state index in [4.69, 9.17) is 14.7 Å². The number of hydrogen-bond donors (Lipinski definition) is 1. The second kappa shape index (κ2) is 8.98. The van der Waals surface area contributed by atoms with Crippen molar-refractivity contribution < 1.29 is 4.74 Å². The van der Waals surface area contributed by atoms with Gasteiger partial charge in [-0.25, -0.2) is 9.97 Å². The molecule has 4 rings (SSSR count). The van der Waals surface area contributed by atoms with Gasteiger partial charge in [-0.2, -0.15) is 0 Å². The van der Waals surface area contributed by atoms with Crippen LogP contribution in [-0.2, 0) is 11.3 Å². The molecule has 160 valence electrons. The van der Waals surface area contributed by atoms with Crippen molar-refractivity contribution in [1.29, 1.82) is 0 Å². The summed E-state index contributed by atoms with van der Waals surface area (Å²) in [6.07, 6.45) is 2.03. The van der Waals surface area contributed by atoms with E-state index < -0.39 is 0 Å². The molecule has 0 aliphatic carbocycles. The lowest BCUT2D eigenvalue weighted by Crippen LogP contribution is -2.53. The van der Waals surface area contributed by atoms with Crippen molar-refractivity contribution in [3.8, 4) is 11.1 Å². The third-order valence-corrected chi connectivity index (χ3v) is 6.85. The quantitative estimate of drug-likeness (QED) is 0.619. The van der Waals surface area contributed by atoms with Gasteiger partial charge in [0.15, 0.2) is 0 Å². The second-order valence-electron chi connectivity index (χ2n) is 8.51. The molecule has 0 bridgehead atoms. The minimum absolute atomic E-state index is 0.0696. The van der Waals surface area contributed by atoms with Gasteiger partial charge in [0, 0.05) is 36.2 Å². The highest BCUT2D eigenvalue weighted by Gasteiger charge is 2.35. The van der Waals surface area contributed by atoms with Gasteiger partial charge in [-0.1, -0.05) is 30.3 Å². The Bertz CT molecular complexity index is 980. The molecular formula is C23H31N5OS. The van der Waals surface area contributed by atoms with Gasteiger partial charge in [-0.3, -0.25) is 0 Å². The number of nitrogens with one attached hydrogen (secondary N) is 1. The lowest BCUT2D eigenvalue weighted by Gasteiger charge is -2.43. The van der Waals surface area contributed by atoms with Crippen molar-refractivity contribution in [2.45, 2.75) is 24.9 Å². The lowest BCUT2D eigenvalue weighted by molar-refractivity contribution is -0.000653. The summed E-state index contributed by atoms with van der Waals surface area (Å²) in [4.78, 5) is 15.3. The van der Waals surface area contributed by atoms with E-state index in [0.29, 0.717) is 0 Å². The van der Waals surface area contributed by atoms with Crippen LogP contribution < -0.4 is 5.32 Å². The summed E-state index contributed by atoms with van der Waals surface area (Å²) in [5.74, 6) is 1.78. The summed E-state index contributed by atoms with van der Waals surface area (Å²) in [6.45, 7) is 3.16. The molecule has 0 radical (unpaired) electrons. The summed E-state index contributed by atoms with van der Waals surface area (Å²) in [5, 5.41) is 7.05. The maximum absolute atomic E-state index is 5.64. The van der Waals surface area contributed by atoms with E-state index >= 15 is 0 Å². The van der Waals surface area contributed by atoms with Gasteiger partial charge in [-0.05, 0) is 46.6 Å². The molecule has 0 unspecified atom stereocenters. The van der Waals surface area contributed by atoms with Crippen LogP contribution in [0.2, 0.25) is 0 Å². The van der Waals surface area contributed by atoms with E-state index in [1.807, 2.05) is 14.1 Å². The first-order valence-electron chi connectivity index (χ1n) is 10.5. The maximum atomic E-state index is 5.64. The molecule has 30 heavy (non-hydrogen) atoms. The molecular weight excluding hydrogens is 394 g/mol. The molecule has 1 aliphatic rings. The molecule has 6 nitrogen and oxygen atoms in total. The third kappa shape index (κ3) is 4.34. The van der Waals surface area contributed by atoms with E-state index in [0.717, 1.165) is 61.0 Å². The number of anilines is 1. The van der Waals surface area contributed by atoms with Crippen LogP contribution in [-0.4, -0.2) is 73.3 Å². The number of nitrogens with zero attached hydrogens (tertiary/aromatic N) is 4. The highest BCUT2D eigenvalue weighted by molar-refractivity contribution is 7.17. The topological polar surface area (TPSA) is 53.5 Å². The first kappa shape index (κ1) is 21.2. The summed E-state index contributed by atoms with van der Waals surface area (Å²) < 4.78 is 5.64. The number of aromatic nitrogens is 2. The highest BCUT2D eigenvalue weighted by atomic mass is 32.1. The number of fused-ring (bicyclic) bond motifs is 1. The zero-order valence-corrected chi connectivity index (χ0v) is 19.1. The smallest absolute Gasteiger partial charge is 0.146 e. The molecule has 1 saturated heterocycles. The van der Waals surface area contributed by atoms with Crippen molar-refractivity contribution in [2.75, 3.05) is 53.3 Å². The minimum Gasteiger partial charge on any atom is -0.381 e. The number of thiophene rings is 1. The predicted octanol–water partition coefficient (Wildman–Crippen LogP) is 3.94. The van der Waals surface area contributed by atoms with Gasteiger partial charge in [0.2, 0.25) is 0 Å². The molecule has 3 heterocycles. The number of ether oxygens (including phenoxy) is 1. The van der Waals surface area contributed by atoms with Gasteiger partial charge in [0.25, 0.3) is 0 Å². The molecule has 2 aromatic heterocycles. The van der Waals surface area contributed by atoms with Crippen LogP contribution >= 0.6 is 11.3 Å². The largest absolute Gasteiger partial charge is 0.381 e. The van der Waals surface area contributed by atoms with Crippen molar-refractivity contribution in [2.24, 2.45) is 0 Å². The van der Waals surface area contributed by atoms with Gasteiger partial charge < -0.3 is 19.9 Å². The van der Waals surface area contributed by atoms with Gasteiger partial charge in [0.1, 0.15) is 16.5 Å².